The van der Waals surface area contributed by atoms with Crippen molar-refractivity contribution in [2.24, 2.45) is 5.11 Å². The molecule has 0 saturated carbocycles. The summed E-state index contributed by atoms with van der Waals surface area (Å²) in [6.07, 6.45) is 1.68. The molecule has 0 amide bonds. The van der Waals surface area contributed by atoms with Crippen molar-refractivity contribution in [3.05, 3.63) is 24.0 Å². The smallest absolute Gasteiger partial charge is 0.106 e. The number of aromatic nitrogens is 1. The van der Waals surface area contributed by atoms with Crippen LogP contribution in [-0.2, 0) is 0 Å². The maximum atomic E-state index is 6.67. The summed E-state index contributed by atoms with van der Waals surface area (Å²) in [5.41, 5.74) is 8.10. The molecule has 0 aliphatic heterocycles. The molecular weight excluding hydrogens is 114 g/mol. The van der Waals surface area contributed by atoms with Crippen LogP contribution < -0.4 is 0 Å². The van der Waals surface area contributed by atoms with Crippen molar-refractivity contribution in [1.29, 1.82) is 5.53 Å². The molecule has 0 radical (unpaired) electrons. The van der Waals surface area contributed by atoms with Crippen LogP contribution in [0.4, 0.5) is 5.69 Å². The number of pyridine rings is 1. The third-order valence-corrected chi connectivity index (χ3v) is 1.10. The van der Waals surface area contributed by atoms with Crippen LogP contribution in [0.25, 0.3) is 0 Å². The van der Waals surface area contributed by atoms with Gasteiger partial charge in [-0.3, -0.25) is 4.98 Å². The first-order valence-electron chi connectivity index (χ1n) is 2.63. The Balaban J connectivity index is 3.15. The average molecular weight is 121 g/mol. The third-order valence-electron chi connectivity index (χ3n) is 1.10. The Bertz CT molecular complexity index is 219. The average Bonchev–Trinajstić information content (AvgIpc) is 1.89. The van der Waals surface area contributed by atoms with E-state index in [1.807, 2.05) is 6.92 Å². The highest BCUT2D eigenvalue weighted by Gasteiger charge is 1.91. The molecule has 1 heterocycles. The summed E-state index contributed by atoms with van der Waals surface area (Å²) < 4.78 is 0. The first-order valence-corrected chi connectivity index (χ1v) is 2.63. The maximum Gasteiger partial charge on any atom is 0.106 e. The van der Waals surface area contributed by atoms with E-state index in [0.29, 0.717) is 5.69 Å². The van der Waals surface area contributed by atoms with Crippen LogP contribution in [0.3, 0.4) is 0 Å². The fourth-order valence-electron chi connectivity index (χ4n) is 0.594. The lowest BCUT2D eigenvalue weighted by Crippen LogP contribution is -1.76. The summed E-state index contributed by atoms with van der Waals surface area (Å²) in [6, 6.07) is 3.52. The minimum absolute atomic E-state index is 0.637. The van der Waals surface area contributed by atoms with Gasteiger partial charge in [0.25, 0.3) is 0 Å². The molecule has 1 rings (SSSR count). The Kier molecular flexibility index (Phi) is 1.53. The highest BCUT2D eigenvalue weighted by Crippen LogP contribution is 2.12. The number of hydrogen-bond donors (Lipinski definition) is 1. The van der Waals surface area contributed by atoms with Gasteiger partial charge in [-0.1, -0.05) is 0 Å². The molecule has 46 valence electrons. The van der Waals surface area contributed by atoms with Crippen LogP contribution >= 0.6 is 0 Å². The van der Waals surface area contributed by atoms with Crippen molar-refractivity contribution < 1.29 is 0 Å². The van der Waals surface area contributed by atoms with Gasteiger partial charge in [-0.2, -0.15) is 5.11 Å². The lowest BCUT2D eigenvalue weighted by Gasteiger charge is -1.91. The minimum Gasteiger partial charge on any atom is -0.259 e. The van der Waals surface area contributed by atoms with Crippen LogP contribution in [0.1, 0.15) is 5.69 Å². The van der Waals surface area contributed by atoms with E-state index >= 15 is 0 Å². The largest absolute Gasteiger partial charge is 0.259 e. The van der Waals surface area contributed by atoms with Gasteiger partial charge in [0.1, 0.15) is 5.69 Å². The van der Waals surface area contributed by atoms with Crippen molar-refractivity contribution in [2.75, 3.05) is 0 Å². The van der Waals surface area contributed by atoms with E-state index in [0.717, 1.165) is 5.69 Å². The van der Waals surface area contributed by atoms with E-state index in [2.05, 4.69) is 10.1 Å². The molecule has 0 saturated heterocycles. The first-order chi connectivity index (χ1) is 4.34. The van der Waals surface area contributed by atoms with E-state index in [-0.39, 0.29) is 0 Å². The zero-order valence-corrected chi connectivity index (χ0v) is 5.13. The Hall–Kier alpha value is -1.25. The lowest BCUT2D eigenvalue weighted by atomic mass is 10.3. The fraction of sp³-hybridized carbons (Fsp3) is 0.167. The number of nitrogens with one attached hydrogen (secondary N) is 1. The molecule has 3 nitrogen and oxygen atoms in total. The van der Waals surface area contributed by atoms with E-state index in [4.69, 9.17) is 5.53 Å². The van der Waals surface area contributed by atoms with E-state index in [1.165, 1.54) is 0 Å². The molecule has 0 bridgehead atoms. The van der Waals surface area contributed by atoms with Crippen molar-refractivity contribution in [3.8, 4) is 0 Å². The second-order valence-corrected chi connectivity index (χ2v) is 1.72. The molecule has 3 heteroatoms. The molecule has 1 aromatic rings. The standard InChI is InChI=1S/C6H7N3/c1-5-6(9-7)3-2-4-8-5/h2-4,7H,1H3. The van der Waals surface area contributed by atoms with Crippen LogP contribution in [0.5, 0.6) is 0 Å². The molecule has 0 aliphatic rings. The van der Waals surface area contributed by atoms with Crippen LogP contribution in [-0.4, -0.2) is 4.98 Å². The Morgan fingerprint density at radius 2 is 2.44 bits per heavy atom. The van der Waals surface area contributed by atoms with Gasteiger partial charge in [-0.05, 0) is 19.1 Å². The first kappa shape index (κ1) is 5.88. The van der Waals surface area contributed by atoms with Gasteiger partial charge < -0.3 is 0 Å². The Morgan fingerprint density at radius 1 is 1.67 bits per heavy atom. The molecule has 0 aliphatic carbocycles. The van der Waals surface area contributed by atoms with Crippen molar-refractivity contribution in [1.82, 2.24) is 4.98 Å². The third kappa shape index (κ3) is 1.10. The van der Waals surface area contributed by atoms with Crippen molar-refractivity contribution in [3.63, 3.8) is 0 Å². The maximum absolute atomic E-state index is 6.67. The lowest BCUT2D eigenvalue weighted by molar-refractivity contribution is 1.09. The molecule has 0 fully saturated rings. The Labute approximate surface area is 53.3 Å². The minimum atomic E-state index is 0.637. The van der Waals surface area contributed by atoms with Gasteiger partial charge >= 0.3 is 0 Å². The quantitative estimate of drug-likeness (QED) is 0.568. The zero-order valence-electron chi connectivity index (χ0n) is 5.13. The summed E-state index contributed by atoms with van der Waals surface area (Å²) in [5, 5.41) is 3.26. The van der Waals surface area contributed by atoms with Gasteiger partial charge in [-0.15, -0.1) is 0 Å². The second-order valence-electron chi connectivity index (χ2n) is 1.72. The molecule has 9 heavy (non-hydrogen) atoms. The number of hydrogen-bond acceptors (Lipinski definition) is 3. The van der Waals surface area contributed by atoms with E-state index in [1.54, 1.807) is 18.3 Å². The highest BCUT2D eigenvalue weighted by molar-refractivity contribution is 5.38. The Morgan fingerprint density at radius 3 is 2.89 bits per heavy atom. The van der Waals surface area contributed by atoms with Crippen LogP contribution in [0, 0.1) is 12.5 Å². The van der Waals surface area contributed by atoms with Gasteiger partial charge in [0.2, 0.25) is 0 Å². The summed E-state index contributed by atoms with van der Waals surface area (Å²) in [4.78, 5) is 3.94. The van der Waals surface area contributed by atoms with E-state index < -0.39 is 0 Å². The molecule has 0 aromatic carbocycles. The SMILES string of the molecule is Cc1ncccc1N=N. The van der Waals surface area contributed by atoms with Gasteiger partial charge in [0, 0.05) is 6.20 Å². The summed E-state index contributed by atoms with van der Waals surface area (Å²) >= 11 is 0. The molecule has 0 spiro atoms. The van der Waals surface area contributed by atoms with E-state index in [9.17, 15) is 0 Å². The van der Waals surface area contributed by atoms with Crippen LogP contribution in [0.2, 0.25) is 0 Å². The number of rotatable bonds is 1. The molecule has 1 aromatic heterocycles. The van der Waals surface area contributed by atoms with Crippen molar-refractivity contribution in [2.45, 2.75) is 6.92 Å². The fourth-order valence-corrected chi connectivity index (χ4v) is 0.594. The van der Waals surface area contributed by atoms with Gasteiger partial charge in [0.15, 0.2) is 0 Å². The number of nitrogens with zero attached hydrogens (tertiary/aromatic N) is 2. The normalized spacial score (nSPS) is 9.00. The van der Waals surface area contributed by atoms with Crippen LogP contribution in [0.15, 0.2) is 23.4 Å². The summed E-state index contributed by atoms with van der Waals surface area (Å²) in [7, 11) is 0. The summed E-state index contributed by atoms with van der Waals surface area (Å²) in [6.45, 7) is 1.83. The summed E-state index contributed by atoms with van der Waals surface area (Å²) in [5.74, 6) is 0. The number of aryl methyl sites for hydroxylation is 1. The monoisotopic (exact) mass is 121 g/mol. The highest BCUT2D eigenvalue weighted by atomic mass is 15.0. The molecule has 0 atom stereocenters. The molecule has 0 unspecified atom stereocenters. The molecule has 1 N–H and O–H groups in total. The predicted molar refractivity (Wildman–Crippen MR) is 33.8 cm³/mol. The second kappa shape index (κ2) is 2.35. The molecular formula is C6H7N3. The predicted octanol–water partition coefficient (Wildman–Crippen LogP) is 2.05. The van der Waals surface area contributed by atoms with Gasteiger partial charge in [-0.25, -0.2) is 5.53 Å². The topological polar surface area (TPSA) is 49.1 Å². The zero-order chi connectivity index (χ0) is 6.69. The van der Waals surface area contributed by atoms with Crippen molar-refractivity contribution >= 4 is 5.69 Å². The van der Waals surface area contributed by atoms with Gasteiger partial charge in [0.05, 0.1) is 5.69 Å².